The fourth-order valence-corrected chi connectivity index (χ4v) is 3.20. The van der Waals surface area contributed by atoms with E-state index in [1.165, 1.54) is 25.7 Å². The first kappa shape index (κ1) is 17.5. The lowest BCUT2D eigenvalue weighted by atomic mass is 9.87. The molecule has 1 unspecified atom stereocenters. The summed E-state index contributed by atoms with van der Waals surface area (Å²) in [5.74, 6) is 0.652. The third-order valence-electron chi connectivity index (χ3n) is 4.53. The summed E-state index contributed by atoms with van der Waals surface area (Å²) >= 11 is 0. The number of hydrogen-bond acceptors (Lipinski definition) is 4. The lowest BCUT2D eigenvalue weighted by Gasteiger charge is -2.40. The van der Waals surface area contributed by atoms with Crippen LogP contribution in [0.5, 0.6) is 0 Å². The molecule has 2 fully saturated rings. The maximum Gasteiger partial charge on any atom is 0.407 e. The minimum atomic E-state index is -0.447. The number of carbonyl (C=O) groups excluding carboxylic acids is 1. The SMILES string of the molecule is CC1(CNC(CNC(=O)OC(C)(C)C)C2CCCC2)COC1. The second-order valence-corrected chi connectivity index (χ2v) is 8.22. The van der Waals surface area contributed by atoms with E-state index in [0.717, 1.165) is 19.8 Å². The van der Waals surface area contributed by atoms with E-state index < -0.39 is 5.60 Å². The number of ether oxygens (including phenoxy) is 2. The largest absolute Gasteiger partial charge is 0.444 e. The molecule has 1 aliphatic heterocycles. The van der Waals surface area contributed by atoms with Crippen molar-refractivity contribution in [3.05, 3.63) is 0 Å². The summed E-state index contributed by atoms with van der Waals surface area (Å²) in [6.07, 6.45) is 4.78. The van der Waals surface area contributed by atoms with Gasteiger partial charge in [-0.3, -0.25) is 0 Å². The quantitative estimate of drug-likeness (QED) is 0.792. The van der Waals surface area contributed by atoms with Gasteiger partial charge in [-0.05, 0) is 39.5 Å². The fourth-order valence-electron chi connectivity index (χ4n) is 3.20. The first-order chi connectivity index (χ1) is 10.3. The predicted octanol–water partition coefficient (Wildman–Crippen LogP) is 2.70. The topological polar surface area (TPSA) is 59.6 Å². The number of carbonyl (C=O) groups is 1. The van der Waals surface area contributed by atoms with E-state index in [0.29, 0.717) is 18.5 Å². The standard InChI is InChI=1S/C17H32N2O3/c1-16(2,3)22-15(20)18-9-14(13-7-5-6-8-13)19-10-17(4)11-21-12-17/h13-14,19H,5-12H2,1-4H3,(H,18,20). The summed E-state index contributed by atoms with van der Waals surface area (Å²) in [6.45, 7) is 11.1. The Hall–Kier alpha value is -0.810. The molecule has 22 heavy (non-hydrogen) atoms. The van der Waals surface area contributed by atoms with Gasteiger partial charge in [-0.15, -0.1) is 0 Å². The van der Waals surface area contributed by atoms with Gasteiger partial charge in [0, 0.05) is 24.5 Å². The Balaban J connectivity index is 1.80. The molecule has 2 N–H and O–H groups in total. The normalized spacial score (nSPS) is 22.9. The molecule has 0 aromatic heterocycles. The van der Waals surface area contributed by atoms with Crippen molar-refractivity contribution in [2.24, 2.45) is 11.3 Å². The number of hydrogen-bond donors (Lipinski definition) is 2. The van der Waals surface area contributed by atoms with Gasteiger partial charge in [0.15, 0.2) is 0 Å². The first-order valence-electron chi connectivity index (χ1n) is 8.55. The Labute approximate surface area is 134 Å². The summed E-state index contributed by atoms with van der Waals surface area (Å²) < 4.78 is 10.6. The van der Waals surface area contributed by atoms with Crippen LogP contribution in [-0.2, 0) is 9.47 Å². The maximum atomic E-state index is 11.9. The van der Waals surface area contributed by atoms with E-state index in [1.54, 1.807) is 0 Å². The number of rotatable bonds is 6. The van der Waals surface area contributed by atoms with Crippen molar-refractivity contribution in [2.45, 2.75) is 65.0 Å². The van der Waals surface area contributed by atoms with Crippen LogP contribution in [0.4, 0.5) is 4.79 Å². The third-order valence-corrected chi connectivity index (χ3v) is 4.53. The van der Waals surface area contributed by atoms with Crippen LogP contribution in [0.2, 0.25) is 0 Å². The first-order valence-corrected chi connectivity index (χ1v) is 8.55. The Morgan fingerprint density at radius 1 is 1.32 bits per heavy atom. The van der Waals surface area contributed by atoms with Gasteiger partial charge in [0.1, 0.15) is 5.60 Å². The average molecular weight is 312 g/mol. The minimum Gasteiger partial charge on any atom is -0.444 e. The van der Waals surface area contributed by atoms with Crippen LogP contribution in [0, 0.1) is 11.3 Å². The average Bonchev–Trinajstić information content (AvgIpc) is 2.88. The highest BCUT2D eigenvalue weighted by Crippen LogP contribution is 2.29. The molecule has 1 saturated carbocycles. The Bertz CT molecular complexity index is 369. The molecule has 2 aliphatic rings. The smallest absolute Gasteiger partial charge is 0.407 e. The molecule has 5 nitrogen and oxygen atoms in total. The molecule has 128 valence electrons. The van der Waals surface area contributed by atoms with Crippen molar-refractivity contribution in [1.29, 1.82) is 0 Å². The van der Waals surface area contributed by atoms with E-state index >= 15 is 0 Å². The molecule has 0 aromatic rings. The van der Waals surface area contributed by atoms with E-state index in [4.69, 9.17) is 9.47 Å². The van der Waals surface area contributed by atoms with E-state index in [-0.39, 0.29) is 11.5 Å². The summed E-state index contributed by atoms with van der Waals surface area (Å²) in [6, 6.07) is 0.326. The van der Waals surface area contributed by atoms with Gasteiger partial charge in [-0.1, -0.05) is 19.8 Å². The number of amides is 1. The van der Waals surface area contributed by atoms with Crippen LogP contribution < -0.4 is 10.6 Å². The van der Waals surface area contributed by atoms with Gasteiger partial charge in [-0.25, -0.2) is 4.79 Å². The zero-order chi connectivity index (χ0) is 16.2. The van der Waals surface area contributed by atoms with Crippen molar-refractivity contribution in [3.63, 3.8) is 0 Å². The molecule has 0 bridgehead atoms. The van der Waals surface area contributed by atoms with Crippen molar-refractivity contribution in [2.75, 3.05) is 26.3 Å². The van der Waals surface area contributed by atoms with Crippen LogP contribution in [0.1, 0.15) is 53.4 Å². The molecule has 1 saturated heterocycles. The van der Waals surface area contributed by atoms with E-state index in [1.807, 2.05) is 20.8 Å². The second kappa shape index (κ2) is 7.18. The van der Waals surface area contributed by atoms with E-state index in [9.17, 15) is 4.79 Å². The molecule has 5 heteroatoms. The van der Waals surface area contributed by atoms with Crippen LogP contribution >= 0.6 is 0 Å². The van der Waals surface area contributed by atoms with Crippen LogP contribution in [0.3, 0.4) is 0 Å². The van der Waals surface area contributed by atoms with Gasteiger partial charge < -0.3 is 20.1 Å². The van der Waals surface area contributed by atoms with Crippen LogP contribution in [0.15, 0.2) is 0 Å². The van der Waals surface area contributed by atoms with Crippen molar-refractivity contribution >= 4 is 6.09 Å². The van der Waals surface area contributed by atoms with Crippen LogP contribution in [0.25, 0.3) is 0 Å². The molecule has 0 spiro atoms. The van der Waals surface area contributed by atoms with Gasteiger partial charge in [0.2, 0.25) is 0 Å². The number of alkyl carbamates (subject to hydrolysis) is 1. The lowest BCUT2D eigenvalue weighted by Crippen LogP contribution is -2.53. The van der Waals surface area contributed by atoms with Gasteiger partial charge in [-0.2, -0.15) is 0 Å². The van der Waals surface area contributed by atoms with Gasteiger partial charge in [0.25, 0.3) is 0 Å². The molecule has 2 rings (SSSR count). The zero-order valence-electron chi connectivity index (χ0n) is 14.5. The summed E-state index contributed by atoms with van der Waals surface area (Å²) in [4.78, 5) is 11.9. The lowest BCUT2D eigenvalue weighted by molar-refractivity contribution is -0.101. The minimum absolute atomic E-state index is 0.253. The molecular weight excluding hydrogens is 280 g/mol. The molecule has 1 heterocycles. The van der Waals surface area contributed by atoms with Crippen LogP contribution in [-0.4, -0.2) is 44.0 Å². The third kappa shape index (κ3) is 5.43. The summed E-state index contributed by atoms with van der Waals surface area (Å²) in [5.41, 5.74) is -0.195. The van der Waals surface area contributed by atoms with Crippen molar-refractivity contribution < 1.29 is 14.3 Å². The molecule has 1 atom stereocenters. The molecule has 1 amide bonds. The summed E-state index contributed by atoms with van der Waals surface area (Å²) in [5, 5.41) is 6.61. The summed E-state index contributed by atoms with van der Waals surface area (Å²) in [7, 11) is 0. The molecule has 1 aliphatic carbocycles. The predicted molar refractivity (Wildman–Crippen MR) is 86.9 cm³/mol. The van der Waals surface area contributed by atoms with E-state index in [2.05, 4.69) is 17.6 Å². The highest BCUT2D eigenvalue weighted by Gasteiger charge is 2.35. The fraction of sp³-hybridized carbons (Fsp3) is 0.941. The molecule has 0 aromatic carbocycles. The molecular formula is C17H32N2O3. The zero-order valence-corrected chi connectivity index (χ0v) is 14.5. The van der Waals surface area contributed by atoms with Gasteiger partial charge in [0.05, 0.1) is 13.2 Å². The Kier molecular flexibility index (Phi) is 5.72. The van der Waals surface area contributed by atoms with Gasteiger partial charge >= 0.3 is 6.09 Å². The van der Waals surface area contributed by atoms with Crippen molar-refractivity contribution in [1.82, 2.24) is 10.6 Å². The molecule has 0 radical (unpaired) electrons. The monoisotopic (exact) mass is 312 g/mol. The van der Waals surface area contributed by atoms with Crippen molar-refractivity contribution in [3.8, 4) is 0 Å². The second-order valence-electron chi connectivity index (χ2n) is 8.22. The number of nitrogens with one attached hydrogen (secondary N) is 2. The highest BCUT2D eigenvalue weighted by molar-refractivity contribution is 5.67. The Morgan fingerprint density at radius 2 is 1.95 bits per heavy atom. The maximum absolute atomic E-state index is 11.9. The highest BCUT2D eigenvalue weighted by atomic mass is 16.6. The Morgan fingerprint density at radius 3 is 2.45 bits per heavy atom.